The van der Waals surface area contributed by atoms with Crippen molar-refractivity contribution in [1.82, 2.24) is 4.98 Å². The Bertz CT molecular complexity index is 468. The molecule has 72 valence electrons. The molecule has 1 aromatic carbocycles. The number of aromatic amines is 1. The van der Waals surface area contributed by atoms with Gasteiger partial charge in [-0.3, -0.25) is 0 Å². The van der Waals surface area contributed by atoms with Gasteiger partial charge in [0, 0.05) is 23.0 Å². The van der Waals surface area contributed by atoms with Crippen LogP contribution in [0.4, 0.5) is 0 Å². The number of hydrogen-bond donors (Lipinski definition) is 1. The van der Waals surface area contributed by atoms with Crippen LogP contribution >= 0.6 is 11.6 Å². The SMILES string of the molecule is Cc1cccc2[nH]cc(C=CCCl)c12. The van der Waals surface area contributed by atoms with Crippen molar-refractivity contribution in [3.8, 4) is 0 Å². The van der Waals surface area contributed by atoms with Gasteiger partial charge in [0.1, 0.15) is 0 Å². The van der Waals surface area contributed by atoms with E-state index in [1.165, 1.54) is 22.0 Å². The number of halogens is 1. The van der Waals surface area contributed by atoms with Crippen LogP contribution in [0.2, 0.25) is 0 Å². The van der Waals surface area contributed by atoms with Crippen molar-refractivity contribution in [2.45, 2.75) is 6.92 Å². The van der Waals surface area contributed by atoms with Crippen LogP contribution in [0.25, 0.3) is 17.0 Å². The average Bonchev–Trinajstić information content (AvgIpc) is 2.59. The summed E-state index contributed by atoms with van der Waals surface area (Å²) in [5.41, 5.74) is 3.68. The zero-order valence-corrected chi connectivity index (χ0v) is 8.81. The van der Waals surface area contributed by atoms with Crippen LogP contribution in [0.3, 0.4) is 0 Å². The number of benzene rings is 1. The smallest absolute Gasteiger partial charge is 0.0462 e. The molecule has 0 saturated heterocycles. The maximum atomic E-state index is 5.61. The minimum Gasteiger partial charge on any atom is -0.361 e. The fourth-order valence-corrected chi connectivity index (χ4v) is 1.79. The number of rotatable bonds is 2. The molecule has 0 atom stereocenters. The number of hydrogen-bond acceptors (Lipinski definition) is 0. The van der Waals surface area contributed by atoms with Gasteiger partial charge in [-0.2, -0.15) is 0 Å². The lowest BCUT2D eigenvalue weighted by Gasteiger charge is -1.96. The third-order valence-corrected chi connectivity index (χ3v) is 2.51. The van der Waals surface area contributed by atoms with Gasteiger partial charge in [0.05, 0.1) is 0 Å². The molecule has 0 spiro atoms. The molecule has 1 aromatic heterocycles. The number of allylic oxidation sites excluding steroid dienone is 1. The van der Waals surface area contributed by atoms with Gasteiger partial charge in [0.2, 0.25) is 0 Å². The molecule has 2 rings (SSSR count). The van der Waals surface area contributed by atoms with E-state index in [1.54, 1.807) is 0 Å². The lowest BCUT2D eigenvalue weighted by atomic mass is 10.1. The summed E-state index contributed by atoms with van der Waals surface area (Å²) >= 11 is 5.61. The van der Waals surface area contributed by atoms with Crippen molar-refractivity contribution in [3.63, 3.8) is 0 Å². The summed E-state index contributed by atoms with van der Waals surface area (Å²) in [7, 11) is 0. The van der Waals surface area contributed by atoms with Crippen LogP contribution < -0.4 is 0 Å². The molecular formula is C12H12ClN. The van der Waals surface area contributed by atoms with Gasteiger partial charge in [0.25, 0.3) is 0 Å². The summed E-state index contributed by atoms with van der Waals surface area (Å²) in [6.45, 7) is 2.12. The maximum Gasteiger partial charge on any atom is 0.0462 e. The van der Waals surface area contributed by atoms with Crippen molar-refractivity contribution in [2.24, 2.45) is 0 Å². The molecule has 1 N–H and O–H groups in total. The number of aromatic nitrogens is 1. The molecule has 1 heterocycles. The Morgan fingerprint density at radius 3 is 3.07 bits per heavy atom. The number of alkyl halides is 1. The highest BCUT2D eigenvalue weighted by Crippen LogP contribution is 2.22. The van der Waals surface area contributed by atoms with Crippen molar-refractivity contribution in [1.29, 1.82) is 0 Å². The molecule has 2 aromatic rings. The van der Waals surface area contributed by atoms with E-state index in [2.05, 4.69) is 36.2 Å². The van der Waals surface area contributed by atoms with Gasteiger partial charge in [-0.05, 0) is 24.1 Å². The van der Waals surface area contributed by atoms with E-state index < -0.39 is 0 Å². The second-order valence-electron chi connectivity index (χ2n) is 3.30. The molecule has 0 saturated carbocycles. The summed E-state index contributed by atoms with van der Waals surface area (Å²) in [6.07, 6.45) is 6.02. The Morgan fingerprint density at radius 2 is 2.29 bits per heavy atom. The second-order valence-corrected chi connectivity index (χ2v) is 3.61. The molecule has 0 radical (unpaired) electrons. The minimum absolute atomic E-state index is 0.554. The normalized spacial score (nSPS) is 11.6. The summed E-state index contributed by atoms with van der Waals surface area (Å²) < 4.78 is 0. The molecule has 14 heavy (non-hydrogen) atoms. The Balaban J connectivity index is 2.61. The summed E-state index contributed by atoms with van der Waals surface area (Å²) in [5.74, 6) is 0.554. The topological polar surface area (TPSA) is 15.8 Å². The van der Waals surface area contributed by atoms with Gasteiger partial charge in [-0.25, -0.2) is 0 Å². The molecule has 0 unspecified atom stereocenters. The Morgan fingerprint density at radius 1 is 1.43 bits per heavy atom. The van der Waals surface area contributed by atoms with E-state index in [9.17, 15) is 0 Å². The van der Waals surface area contributed by atoms with Gasteiger partial charge in [-0.1, -0.05) is 24.3 Å². The molecule has 0 bridgehead atoms. The molecule has 0 fully saturated rings. The fourth-order valence-electron chi connectivity index (χ4n) is 1.70. The molecule has 0 aliphatic rings. The number of fused-ring (bicyclic) bond motifs is 1. The van der Waals surface area contributed by atoms with E-state index >= 15 is 0 Å². The van der Waals surface area contributed by atoms with E-state index in [0.717, 1.165) is 0 Å². The van der Waals surface area contributed by atoms with Crippen LogP contribution in [-0.2, 0) is 0 Å². The minimum atomic E-state index is 0.554. The molecule has 0 aliphatic carbocycles. The molecular weight excluding hydrogens is 194 g/mol. The highest BCUT2D eigenvalue weighted by molar-refractivity contribution is 6.19. The third-order valence-electron chi connectivity index (χ3n) is 2.33. The van der Waals surface area contributed by atoms with Crippen LogP contribution in [0.15, 0.2) is 30.5 Å². The number of aryl methyl sites for hydroxylation is 1. The van der Waals surface area contributed by atoms with E-state index in [-0.39, 0.29) is 0 Å². The molecule has 0 amide bonds. The van der Waals surface area contributed by atoms with Crippen molar-refractivity contribution in [3.05, 3.63) is 41.6 Å². The first-order chi connectivity index (χ1) is 6.83. The highest BCUT2D eigenvalue weighted by Gasteiger charge is 2.02. The lowest BCUT2D eigenvalue weighted by Crippen LogP contribution is -1.75. The number of H-pyrrole nitrogens is 1. The Labute approximate surface area is 88.4 Å². The Kier molecular flexibility index (Phi) is 2.60. The van der Waals surface area contributed by atoms with Gasteiger partial charge < -0.3 is 4.98 Å². The van der Waals surface area contributed by atoms with Crippen molar-refractivity contribution in [2.75, 3.05) is 5.88 Å². The monoisotopic (exact) mass is 205 g/mol. The van der Waals surface area contributed by atoms with Gasteiger partial charge >= 0.3 is 0 Å². The number of nitrogens with one attached hydrogen (secondary N) is 1. The average molecular weight is 206 g/mol. The first-order valence-electron chi connectivity index (χ1n) is 4.62. The Hall–Kier alpha value is -1.21. The summed E-state index contributed by atoms with van der Waals surface area (Å²) in [6, 6.07) is 6.26. The van der Waals surface area contributed by atoms with Crippen molar-refractivity contribution < 1.29 is 0 Å². The second kappa shape index (κ2) is 3.89. The predicted octanol–water partition coefficient (Wildman–Crippen LogP) is 3.73. The lowest BCUT2D eigenvalue weighted by molar-refractivity contribution is 1.46. The third kappa shape index (κ3) is 1.55. The quantitative estimate of drug-likeness (QED) is 0.720. The summed E-state index contributed by atoms with van der Waals surface area (Å²) in [4.78, 5) is 3.24. The van der Waals surface area contributed by atoms with E-state index in [0.29, 0.717) is 5.88 Å². The first kappa shape index (κ1) is 9.35. The van der Waals surface area contributed by atoms with Crippen LogP contribution in [0.5, 0.6) is 0 Å². The van der Waals surface area contributed by atoms with Crippen LogP contribution in [0, 0.1) is 6.92 Å². The van der Waals surface area contributed by atoms with Gasteiger partial charge in [0.15, 0.2) is 0 Å². The highest BCUT2D eigenvalue weighted by atomic mass is 35.5. The molecule has 0 aliphatic heterocycles. The summed E-state index contributed by atoms with van der Waals surface area (Å²) in [5, 5.41) is 1.29. The molecule has 1 nitrogen and oxygen atoms in total. The molecule has 2 heteroatoms. The van der Waals surface area contributed by atoms with Crippen molar-refractivity contribution >= 4 is 28.6 Å². The fraction of sp³-hybridized carbons (Fsp3) is 0.167. The zero-order chi connectivity index (χ0) is 9.97. The van der Waals surface area contributed by atoms with Crippen LogP contribution in [-0.4, -0.2) is 10.9 Å². The van der Waals surface area contributed by atoms with E-state index in [4.69, 9.17) is 11.6 Å². The zero-order valence-electron chi connectivity index (χ0n) is 8.05. The predicted molar refractivity (Wildman–Crippen MR) is 62.8 cm³/mol. The first-order valence-corrected chi connectivity index (χ1v) is 5.15. The maximum absolute atomic E-state index is 5.61. The van der Waals surface area contributed by atoms with Crippen LogP contribution in [0.1, 0.15) is 11.1 Å². The largest absolute Gasteiger partial charge is 0.361 e. The standard InChI is InChI=1S/C12H12ClN/c1-9-4-2-6-11-12(9)10(8-14-11)5-3-7-13/h2-6,8,14H,7H2,1H3. The van der Waals surface area contributed by atoms with E-state index in [1.807, 2.05) is 12.3 Å². The van der Waals surface area contributed by atoms with Gasteiger partial charge in [-0.15, -0.1) is 11.6 Å².